The lowest BCUT2D eigenvalue weighted by atomic mass is 10.2. The van der Waals surface area contributed by atoms with E-state index in [0.29, 0.717) is 25.2 Å². The molecule has 5 rings (SSSR count). The van der Waals surface area contributed by atoms with Crippen molar-refractivity contribution in [1.82, 2.24) is 14.9 Å². The summed E-state index contributed by atoms with van der Waals surface area (Å²) in [5.41, 5.74) is 3.95. The molecule has 158 valence electrons. The Labute approximate surface area is 193 Å². The Balaban J connectivity index is 1.21. The van der Waals surface area contributed by atoms with Gasteiger partial charge in [-0.1, -0.05) is 41.1 Å². The first-order chi connectivity index (χ1) is 15.0. The Kier molecular flexibility index (Phi) is 5.65. The van der Waals surface area contributed by atoms with Gasteiger partial charge >= 0.3 is 0 Å². The van der Waals surface area contributed by atoms with Crippen molar-refractivity contribution in [3.05, 3.63) is 74.7 Å². The van der Waals surface area contributed by atoms with Crippen molar-refractivity contribution in [2.24, 2.45) is 0 Å². The van der Waals surface area contributed by atoms with Gasteiger partial charge in [0, 0.05) is 43.0 Å². The summed E-state index contributed by atoms with van der Waals surface area (Å²) in [5, 5.41) is 4.56. The zero-order valence-corrected chi connectivity index (χ0v) is 19.4. The Hall–Kier alpha value is -2.48. The largest absolute Gasteiger partial charge is 0.345 e. The first-order valence-corrected chi connectivity index (χ1v) is 12.2. The van der Waals surface area contributed by atoms with Gasteiger partial charge in [0.1, 0.15) is 5.69 Å². The van der Waals surface area contributed by atoms with Gasteiger partial charge < -0.3 is 9.80 Å². The number of anilines is 1. The Morgan fingerprint density at radius 1 is 1.06 bits per heavy atom. The standard InChI is InChI=1S/C23H21ClN4OS2/c1-15-2-7-20-18(12-15)26-23(31-20)28-10-8-27(9-11-28)22(29)19-14-30-21(25-19)13-16-3-5-17(24)6-4-16/h2-7,12,14H,8-11,13H2,1H3. The average Bonchev–Trinajstić information content (AvgIpc) is 3.42. The summed E-state index contributed by atoms with van der Waals surface area (Å²) in [4.78, 5) is 26.5. The molecule has 2 aromatic carbocycles. The van der Waals surface area contributed by atoms with Crippen LogP contribution in [0.2, 0.25) is 5.02 Å². The molecular weight excluding hydrogens is 448 g/mol. The maximum absolute atomic E-state index is 13.0. The van der Waals surface area contributed by atoms with Crippen molar-refractivity contribution >= 4 is 55.5 Å². The number of aryl methyl sites for hydroxylation is 1. The minimum Gasteiger partial charge on any atom is -0.345 e. The van der Waals surface area contributed by atoms with Gasteiger partial charge in [-0.2, -0.15) is 0 Å². The number of halogens is 1. The fraction of sp³-hybridized carbons (Fsp3) is 0.261. The molecule has 1 fully saturated rings. The van der Waals surface area contributed by atoms with Crippen LogP contribution in [-0.2, 0) is 6.42 Å². The first kappa shape index (κ1) is 20.4. The minimum atomic E-state index is 0.0122. The molecule has 31 heavy (non-hydrogen) atoms. The highest BCUT2D eigenvalue weighted by molar-refractivity contribution is 7.22. The number of hydrogen-bond donors (Lipinski definition) is 0. The van der Waals surface area contributed by atoms with Crippen LogP contribution in [-0.4, -0.2) is 47.0 Å². The molecule has 1 saturated heterocycles. The van der Waals surface area contributed by atoms with Crippen LogP contribution in [0.3, 0.4) is 0 Å². The number of piperazine rings is 1. The van der Waals surface area contributed by atoms with E-state index in [4.69, 9.17) is 16.6 Å². The fourth-order valence-corrected chi connectivity index (χ4v) is 5.62. The van der Waals surface area contributed by atoms with Crippen molar-refractivity contribution in [2.45, 2.75) is 13.3 Å². The van der Waals surface area contributed by atoms with Gasteiger partial charge in [-0.05, 0) is 42.3 Å². The maximum atomic E-state index is 13.0. The summed E-state index contributed by atoms with van der Waals surface area (Å²) >= 11 is 9.20. The normalized spacial score (nSPS) is 14.4. The van der Waals surface area contributed by atoms with Crippen LogP contribution in [0.5, 0.6) is 0 Å². The average molecular weight is 469 g/mol. The lowest BCUT2D eigenvalue weighted by Gasteiger charge is -2.34. The smallest absolute Gasteiger partial charge is 0.273 e. The molecule has 1 aliphatic rings. The fourth-order valence-electron chi connectivity index (χ4n) is 3.69. The van der Waals surface area contributed by atoms with E-state index in [-0.39, 0.29) is 5.91 Å². The molecule has 0 unspecified atom stereocenters. The van der Waals surface area contributed by atoms with Gasteiger partial charge in [-0.25, -0.2) is 9.97 Å². The molecule has 0 atom stereocenters. The van der Waals surface area contributed by atoms with Gasteiger partial charge in [-0.3, -0.25) is 4.79 Å². The minimum absolute atomic E-state index is 0.0122. The van der Waals surface area contributed by atoms with Crippen LogP contribution in [0, 0.1) is 6.92 Å². The monoisotopic (exact) mass is 468 g/mol. The first-order valence-electron chi connectivity index (χ1n) is 10.2. The van der Waals surface area contributed by atoms with Crippen LogP contribution in [0.4, 0.5) is 5.13 Å². The van der Waals surface area contributed by atoms with Crippen molar-refractivity contribution < 1.29 is 4.79 Å². The number of aromatic nitrogens is 2. The van der Waals surface area contributed by atoms with E-state index in [2.05, 4.69) is 35.0 Å². The van der Waals surface area contributed by atoms with Gasteiger partial charge in [0.05, 0.1) is 15.2 Å². The van der Waals surface area contributed by atoms with Crippen LogP contribution in [0.15, 0.2) is 47.8 Å². The summed E-state index contributed by atoms with van der Waals surface area (Å²) in [6, 6.07) is 14.1. The van der Waals surface area contributed by atoms with Crippen molar-refractivity contribution in [1.29, 1.82) is 0 Å². The van der Waals surface area contributed by atoms with Gasteiger partial charge in [0.15, 0.2) is 5.13 Å². The molecular formula is C23H21ClN4OS2. The van der Waals surface area contributed by atoms with E-state index in [1.165, 1.54) is 21.6 Å². The number of amides is 1. The quantitative estimate of drug-likeness (QED) is 0.409. The van der Waals surface area contributed by atoms with Crippen LogP contribution < -0.4 is 4.90 Å². The Morgan fingerprint density at radius 3 is 2.61 bits per heavy atom. The number of carbonyl (C=O) groups is 1. The molecule has 1 amide bonds. The molecule has 8 heteroatoms. The molecule has 0 saturated carbocycles. The molecule has 0 bridgehead atoms. The molecule has 0 radical (unpaired) electrons. The van der Waals surface area contributed by atoms with Crippen molar-refractivity contribution in [2.75, 3.05) is 31.1 Å². The van der Waals surface area contributed by atoms with E-state index in [9.17, 15) is 4.79 Å². The summed E-state index contributed by atoms with van der Waals surface area (Å²) in [5.74, 6) is 0.0122. The van der Waals surface area contributed by atoms with Gasteiger partial charge in [0.2, 0.25) is 0 Å². The van der Waals surface area contributed by atoms with Crippen molar-refractivity contribution in [3.8, 4) is 0 Å². The molecule has 4 aromatic rings. The number of thiazole rings is 2. The maximum Gasteiger partial charge on any atom is 0.273 e. The van der Waals surface area contributed by atoms with E-state index in [0.717, 1.165) is 39.3 Å². The highest BCUT2D eigenvalue weighted by Gasteiger charge is 2.25. The third-order valence-corrected chi connectivity index (χ3v) is 7.61. The number of fused-ring (bicyclic) bond motifs is 1. The van der Waals surface area contributed by atoms with E-state index in [1.54, 1.807) is 11.3 Å². The molecule has 0 spiro atoms. The zero-order chi connectivity index (χ0) is 21.4. The lowest BCUT2D eigenvalue weighted by molar-refractivity contribution is 0.0741. The second kappa shape index (κ2) is 8.57. The molecule has 0 aliphatic carbocycles. The number of carbonyl (C=O) groups excluding carboxylic acids is 1. The highest BCUT2D eigenvalue weighted by Crippen LogP contribution is 2.30. The second-order valence-corrected chi connectivity index (χ2v) is 10.1. The molecule has 1 aliphatic heterocycles. The number of rotatable bonds is 4. The summed E-state index contributed by atoms with van der Waals surface area (Å²) in [7, 11) is 0. The lowest BCUT2D eigenvalue weighted by Crippen LogP contribution is -2.48. The van der Waals surface area contributed by atoms with Crippen LogP contribution in [0.25, 0.3) is 10.2 Å². The predicted octanol–water partition coefficient (Wildman–Crippen LogP) is 5.27. The van der Waals surface area contributed by atoms with Crippen LogP contribution >= 0.6 is 34.3 Å². The van der Waals surface area contributed by atoms with Gasteiger partial charge in [-0.15, -0.1) is 11.3 Å². The summed E-state index contributed by atoms with van der Waals surface area (Å²) in [6.07, 6.45) is 0.708. The Bertz CT molecular complexity index is 1230. The molecule has 5 nitrogen and oxygen atoms in total. The number of hydrogen-bond acceptors (Lipinski definition) is 6. The molecule has 0 N–H and O–H groups in total. The summed E-state index contributed by atoms with van der Waals surface area (Å²) in [6.45, 7) is 5.01. The molecule has 3 heterocycles. The molecule has 2 aromatic heterocycles. The summed E-state index contributed by atoms with van der Waals surface area (Å²) < 4.78 is 1.20. The van der Waals surface area contributed by atoms with E-state index in [1.807, 2.05) is 34.5 Å². The number of nitrogens with zero attached hydrogens (tertiary/aromatic N) is 4. The highest BCUT2D eigenvalue weighted by atomic mass is 35.5. The third kappa shape index (κ3) is 4.44. The number of benzene rings is 2. The van der Waals surface area contributed by atoms with Crippen LogP contribution in [0.1, 0.15) is 26.6 Å². The zero-order valence-electron chi connectivity index (χ0n) is 17.0. The third-order valence-electron chi connectivity index (χ3n) is 5.41. The van der Waals surface area contributed by atoms with Crippen molar-refractivity contribution in [3.63, 3.8) is 0 Å². The predicted molar refractivity (Wildman–Crippen MR) is 129 cm³/mol. The van der Waals surface area contributed by atoms with E-state index >= 15 is 0 Å². The topological polar surface area (TPSA) is 49.3 Å². The van der Waals surface area contributed by atoms with E-state index < -0.39 is 0 Å². The Morgan fingerprint density at radius 2 is 1.84 bits per heavy atom. The van der Waals surface area contributed by atoms with Gasteiger partial charge in [0.25, 0.3) is 5.91 Å². The SMILES string of the molecule is Cc1ccc2sc(N3CCN(C(=O)c4csc(Cc5ccc(Cl)cc5)n4)CC3)nc2c1. The second-order valence-electron chi connectivity index (χ2n) is 7.68.